The van der Waals surface area contributed by atoms with Crippen LogP contribution >= 0.6 is 0 Å². The molecule has 4 radical (unpaired) electrons. The third-order valence-corrected chi connectivity index (χ3v) is 17.0. The first-order valence-corrected chi connectivity index (χ1v) is 26.9. The van der Waals surface area contributed by atoms with Crippen molar-refractivity contribution in [3.63, 3.8) is 0 Å². The van der Waals surface area contributed by atoms with Crippen LogP contribution in [0.15, 0.2) is 243 Å². The molecule has 70 heavy (non-hydrogen) atoms. The van der Waals surface area contributed by atoms with E-state index in [1.54, 1.807) is 0 Å². The number of hydrogen-bond acceptors (Lipinski definition) is 2. The van der Waals surface area contributed by atoms with E-state index in [1.165, 1.54) is 63.8 Å². The van der Waals surface area contributed by atoms with Crippen LogP contribution in [-0.4, -0.2) is 27.6 Å². The SMILES string of the molecule is CC(C)(C)c1cc2ccccc2[c-]1O[Si](c1ccccc1)c1ccccc1.CC(C)(C)c1cc2ccccc2[c-]1O[Si](c1ccccc1)c1ccccc1.[Cl-].[Cl-].[Zr+4].c1ccc([Si]c2ccccc2)cc1. The average Bonchev–Trinajstić information content (AvgIpc) is 3.94. The third-order valence-electron chi connectivity index (χ3n) is 11.5. The Morgan fingerprint density at radius 3 is 0.857 bits per heavy atom. The average molecular weight is 1080 g/mol. The summed E-state index contributed by atoms with van der Waals surface area (Å²) in [5.74, 6) is 2.08. The zero-order valence-electron chi connectivity index (χ0n) is 40.7. The second-order valence-corrected chi connectivity index (χ2v) is 24.1. The summed E-state index contributed by atoms with van der Waals surface area (Å²) in [7, 11) is -2.01. The molecule has 0 aliphatic heterocycles. The first kappa shape index (κ1) is 55.6. The van der Waals surface area contributed by atoms with E-state index in [4.69, 9.17) is 8.85 Å². The van der Waals surface area contributed by atoms with E-state index < -0.39 is 18.1 Å². The Balaban J connectivity index is 0.000000202. The van der Waals surface area contributed by atoms with Crippen LogP contribution in [0.5, 0.6) is 11.5 Å². The molecule has 8 heteroatoms. The maximum absolute atomic E-state index is 6.90. The number of benzene rings is 8. The van der Waals surface area contributed by atoms with Gasteiger partial charge in [-0.1, -0.05) is 257 Å². The van der Waals surface area contributed by atoms with Gasteiger partial charge in [0.15, 0.2) is 0 Å². The van der Waals surface area contributed by atoms with Crippen LogP contribution in [-0.2, 0) is 37.0 Å². The van der Waals surface area contributed by atoms with Crippen molar-refractivity contribution in [2.75, 3.05) is 0 Å². The summed E-state index contributed by atoms with van der Waals surface area (Å²) in [4.78, 5) is 0. The molecule has 0 fully saturated rings. The minimum absolute atomic E-state index is 0. The molecular weight excluding hydrogens is 1020 g/mol. The summed E-state index contributed by atoms with van der Waals surface area (Å²) >= 11 is 0. The van der Waals surface area contributed by atoms with E-state index in [2.05, 4.69) is 284 Å². The van der Waals surface area contributed by atoms with Crippen LogP contribution in [0.2, 0.25) is 0 Å². The fourth-order valence-corrected chi connectivity index (χ4v) is 13.1. The Kier molecular flexibility index (Phi) is 20.8. The van der Waals surface area contributed by atoms with Crippen molar-refractivity contribution in [2.45, 2.75) is 52.4 Å². The fraction of sp³-hybridized carbons (Fsp3) is 0.129. The van der Waals surface area contributed by atoms with Crippen molar-refractivity contribution < 1.29 is 59.9 Å². The normalized spacial score (nSPS) is 11.0. The zero-order chi connectivity index (χ0) is 46.6. The van der Waals surface area contributed by atoms with E-state index in [1.807, 2.05) is 0 Å². The molecule has 0 amide bonds. The Hall–Kier alpha value is -5.31. The van der Waals surface area contributed by atoms with E-state index in [0.717, 1.165) is 21.0 Å². The van der Waals surface area contributed by atoms with Crippen molar-refractivity contribution in [3.05, 3.63) is 254 Å². The van der Waals surface area contributed by atoms with Crippen LogP contribution in [0, 0.1) is 0 Å². The smallest absolute Gasteiger partial charge is 1.00 e. The van der Waals surface area contributed by atoms with E-state index >= 15 is 0 Å². The quantitative estimate of drug-likeness (QED) is 0.135. The summed E-state index contributed by atoms with van der Waals surface area (Å²) < 4.78 is 13.8. The van der Waals surface area contributed by atoms with Crippen molar-refractivity contribution in [3.8, 4) is 11.5 Å². The van der Waals surface area contributed by atoms with Gasteiger partial charge in [-0.05, 0) is 31.6 Å². The van der Waals surface area contributed by atoms with Gasteiger partial charge in [0, 0.05) is 11.5 Å². The number of rotatable bonds is 10. The molecule has 0 spiro atoms. The first-order valence-electron chi connectivity index (χ1n) is 23.1. The predicted molar refractivity (Wildman–Crippen MR) is 291 cm³/mol. The van der Waals surface area contributed by atoms with Crippen molar-refractivity contribution >= 4 is 80.3 Å². The van der Waals surface area contributed by atoms with Gasteiger partial charge in [0.05, 0.1) is 0 Å². The molecule has 0 aliphatic rings. The van der Waals surface area contributed by atoms with Gasteiger partial charge in [-0.25, -0.2) is 0 Å². The van der Waals surface area contributed by atoms with E-state index in [9.17, 15) is 0 Å². The molecular formula is C62H58Cl2O2Si3Zr. The van der Waals surface area contributed by atoms with Crippen LogP contribution < -0.4 is 64.8 Å². The Bertz CT molecular complexity index is 2770. The number of hydrogen-bond donors (Lipinski definition) is 0. The molecule has 0 bridgehead atoms. The molecule has 10 aromatic rings. The molecule has 0 aromatic heterocycles. The van der Waals surface area contributed by atoms with Gasteiger partial charge in [0.1, 0.15) is 9.52 Å². The van der Waals surface area contributed by atoms with Gasteiger partial charge in [0.25, 0.3) is 0 Å². The summed E-state index contributed by atoms with van der Waals surface area (Å²) in [6.45, 7) is 13.5. The van der Waals surface area contributed by atoms with Gasteiger partial charge in [-0.15, -0.1) is 57.9 Å². The predicted octanol–water partition coefficient (Wildman–Crippen LogP) is 5.43. The van der Waals surface area contributed by atoms with Gasteiger partial charge >= 0.3 is 44.3 Å². The summed E-state index contributed by atoms with van der Waals surface area (Å²) in [5.41, 5.74) is 2.60. The molecule has 0 saturated carbocycles. The maximum atomic E-state index is 6.90. The third kappa shape index (κ3) is 14.4. The van der Waals surface area contributed by atoms with Gasteiger partial charge in [-0.2, -0.15) is 12.1 Å². The van der Waals surface area contributed by atoms with Gasteiger partial charge in [0.2, 0.25) is 0 Å². The van der Waals surface area contributed by atoms with Gasteiger partial charge in [-0.3, -0.25) is 0 Å². The molecule has 0 atom stereocenters. The summed E-state index contributed by atoms with van der Waals surface area (Å²) in [5, 5.41) is 12.8. The molecule has 0 saturated heterocycles. The first-order chi connectivity index (χ1) is 32.5. The molecule has 10 aromatic carbocycles. The molecule has 10 rings (SSSR count). The minimum atomic E-state index is -1.39. The summed E-state index contributed by atoms with van der Waals surface area (Å²) in [6, 6.07) is 85.3. The molecule has 0 unspecified atom stereocenters. The molecule has 0 aliphatic carbocycles. The van der Waals surface area contributed by atoms with Crippen LogP contribution in [0.3, 0.4) is 0 Å². The van der Waals surface area contributed by atoms with Crippen molar-refractivity contribution in [2.24, 2.45) is 0 Å². The van der Waals surface area contributed by atoms with Crippen LogP contribution in [0.1, 0.15) is 52.7 Å². The molecule has 348 valence electrons. The second kappa shape index (κ2) is 26.2. The van der Waals surface area contributed by atoms with Crippen LogP contribution in [0.4, 0.5) is 0 Å². The summed E-state index contributed by atoms with van der Waals surface area (Å²) in [6.07, 6.45) is 0. The Morgan fingerprint density at radius 1 is 0.343 bits per heavy atom. The second-order valence-electron chi connectivity index (χ2n) is 18.6. The molecule has 2 nitrogen and oxygen atoms in total. The Labute approximate surface area is 454 Å². The monoisotopic (exact) mass is 1080 g/mol. The molecule has 0 heterocycles. The van der Waals surface area contributed by atoms with Crippen LogP contribution in [0.25, 0.3) is 21.5 Å². The van der Waals surface area contributed by atoms with Gasteiger partial charge < -0.3 is 33.7 Å². The van der Waals surface area contributed by atoms with Crippen molar-refractivity contribution in [1.29, 1.82) is 0 Å². The minimum Gasteiger partial charge on any atom is -1.00 e. The standard InChI is InChI=1S/2C25H24OSi.C12H10Si.2ClH.Zr/c2*1-25(2,3)23-18-19-12-10-11-17-22(19)24(23)26-27(20-13-6-4-7-14-20)21-15-8-5-9-16-21;1-3-7-11(8-4-1)13-12-9-5-2-6-10-12;;;/h2*4-18H,1-3H3;1-10H;2*1H;/q2*-1;;;;+4/p-2. The Morgan fingerprint density at radius 2 is 0.586 bits per heavy atom. The fourth-order valence-electron chi connectivity index (χ4n) is 8.07. The zero-order valence-corrected chi connectivity index (χ0v) is 47.6. The van der Waals surface area contributed by atoms with E-state index in [-0.39, 0.29) is 61.8 Å². The maximum Gasteiger partial charge on any atom is 4.00 e. The van der Waals surface area contributed by atoms with Crippen molar-refractivity contribution in [1.82, 2.24) is 0 Å². The molecule has 0 N–H and O–H groups in total. The number of halogens is 2. The number of fused-ring (bicyclic) bond motifs is 2. The topological polar surface area (TPSA) is 18.5 Å². The van der Waals surface area contributed by atoms with E-state index in [0.29, 0.717) is 0 Å². The largest absolute Gasteiger partial charge is 4.00 e.